The number of aromatic hydroxyl groups is 1. The van der Waals surface area contributed by atoms with Gasteiger partial charge in [0, 0.05) is 5.39 Å². The summed E-state index contributed by atoms with van der Waals surface area (Å²) >= 11 is 1.26. The van der Waals surface area contributed by atoms with Gasteiger partial charge < -0.3 is 9.84 Å². The maximum Gasteiger partial charge on any atom is 0.160 e. The Labute approximate surface area is 84.6 Å². The summed E-state index contributed by atoms with van der Waals surface area (Å²) in [5.41, 5.74) is 0. The number of carbonyl (C=O) groups is 1. The van der Waals surface area contributed by atoms with E-state index in [1.807, 2.05) is 0 Å². The van der Waals surface area contributed by atoms with Crippen molar-refractivity contribution in [1.29, 1.82) is 0 Å². The smallest absolute Gasteiger partial charge is 0.160 e. The lowest BCUT2D eigenvalue weighted by atomic mass is 10.2. The monoisotopic (exact) mass is 208 g/mol. The number of methoxy groups -OCH3 is 1. The van der Waals surface area contributed by atoms with Crippen LogP contribution in [-0.4, -0.2) is 18.5 Å². The van der Waals surface area contributed by atoms with Gasteiger partial charge in [-0.15, -0.1) is 11.3 Å². The van der Waals surface area contributed by atoms with E-state index in [-0.39, 0.29) is 5.75 Å². The van der Waals surface area contributed by atoms with Crippen molar-refractivity contribution in [2.45, 2.75) is 0 Å². The lowest BCUT2D eigenvalue weighted by Crippen LogP contribution is -1.81. The summed E-state index contributed by atoms with van der Waals surface area (Å²) in [4.78, 5) is 11.2. The zero-order chi connectivity index (χ0) is 10.1. The van der Waals surface area contributed by atoms with Gasteiger partial charge in [0.15, 0.2) is 6.29 Å². The van der Waals surface area contributed by atoms with Gasteiger partial charge in [-0.2, -0.15) is 0 Å². The quantitative estimate of drug-likeness (QED) is 0.771. The molecule has 1 aromatic carbocycles. The van der Waals surface area contributed by atoms with Gasteiger partial charge in [0.2, 0.25) is 0 Å². The molecule has 1 heterocycles. The van der Waals surface area contributed by atoms with E-state index in [1.54, 1.807) is 25.3 Å². The second-order valence-corrected chi connectivity index (χ2v) is 3.88. The molecule has 0 aliphatic carbocycles. The van der Waals surface area contributed by atoms with Crippen LogP contribution in [0.5, 0.6) is 11.5 Å². The Kier molecular flexibility index (Phi) is 2.13. The van der Waals surface area contributed by atoms with Crippen LogP contribution in [-0.2, 0) is 0 Å². The average molecular weight is 208 g/mol. The first-order valence-electron chi connectivity index (χ1n) is 4.01. The van der Waals surface area contributed by atoms with Crippen molar-refractivity contribution in [3.8, 4) is 11.5 Å². The Morgan fingerprint density at radius 2 is 2.29 bits per heavy atom. The summed E-state index contributed by atoms with van der Waals surface area (Å²) in [7, 11) is 1.56. The number of carbonyl (C=O) groups excluding carboxylic acids is 1. The third kappa shape index (κ3) is 1.24. The molecular weight excluding hydrogens is 200 g/mol. The van der Waals surface area contributed by atoms with E-state index in [1.165, 1.54) is 11.3 Å². The molecule has 2 aromatic rings. The van der Waals surface area contributed by atoms with E-state index >= 15 is 0 Å². The zero-order valence-electron chi connectivity index (χ0n) is 7.48. The predicted molar refractivity (Wildman–Crippen MR) is 55.4 cm³/mol. The molecule has 4 heteroatoms. The molecule has 0 unspecified atom stereocenters. The summed E-state index contributed by atoms with van der Waals surface area (Å²) in [5.74, 6) is 0.848. The molecule has 0 bridgehead atoms. The molecule has 0 aliphatic heterocycles. The molecule has 72 valence electrons. The lowest BCUT2D eigenvalue weighted by molar-refractivity contribution is 0.112. The van der Waals surface area contributed by atoms with Crippen LogP contribution in [0.1, 0.15) is 9.67 Å². The van der Waals surface area contributed by atoms with Crippen molar-refractivity contribution in [1.82, 2.24) is 0 Å². The van der Waals surface area contributed by atoms with Gasteiger partial charge in [0.1, 0.15) is 11.5 Å². The maximum atomic E-state index is 10.6. The number of ether oxygens (including phenoxy) is 1. The summed E-state index contributed by atoms with van der Waals surface area (Å²) in [6, 6.07) is 4.96. The normalized spacial score (nSPS) is 10.4. The molecule has 0 saturated carbocycles. The van der Waals surface area contributed by atoms with Crippen LogP contribution >= 0.6 is 11.3 Å². The van der Waals surface area contributed by atoms with Gasteiger partial charge in [-0.3, -0.25) is 4.79 Å². The van der Waals surface area contributed by atoms with E-state index in [4.69, 9.17) is 4.74 Å². The second-order valence-electron chi connectivity index (χ2n) is 2.80. The summed E-state index contributed by atoms with van der Waals surface area (Å²) in [6.45, 7) is 0. The molecule has 0 amide bonds. The molecule has 0 atom stereocenters. The maximum absolute atomic E-state index is 10.6. The van der Waals surface area contributed by atoms with Crippen molar-refractivity contribution < 1.29 is 14.6 Å². The molecule has 1 aromatic heterocycles. The van der Waals surface area contributed by atoms with E-state index in [0.717, 1.165) is 11.7 Å². The summed E-state index contributed by atoms with van der Waals surface area (Å²) in [6.07, 6.45) is 0.767. The van der Waals surface area contributed by atoms with Crippen molar-refractivity contribution in [2.24, 2.45) is 0 Å². The van der Waals surface area contributed by atoms with Gasteiger partial charge >= 0.3 is 0 Å². The molecule has 0 radical (unpaired) electrons. The topological polar surface area (TPSA) is 46.5 Å². The van der Waals surface area contributed by atoms with Crippen molar-refractivity contribution >= 4 is 27.7 Å². The molecule has 0 aliphatic rings. The van der Waals surface area contributed by atoms with Crippen molar-refractivity contribution in [3.05, 3.63) is 23.1 Å². The predicted octanol–water partition coefficient (Wildman–Crippen LogP) is 2.43. The SMILES string of the molecule is COc1ccc(O)c2sc(C=O)cc12. The lowest BCUT2D eigenvalue weighted by Gasteiger charge is -2.01. The number of hydrogen-bond acceptors (Lipinski definition) is 4. The first-order chi connectivity index (χ1) is 6.76. The van der Waals surface area contributed by atoms with Gasteiger partial charge in [0.25, 0.3) is 0 Å². The fourth-order valence-corrected chi connectivity index (χ4v) is 2.24. The number of hydrogen-bond donors (Lipinski definition) is 1. The van der Waals surface area contributed by atoms with Crippen molar-refractivity contribution in [2.75, 3.05) is 7.11 Å². The van der Waals surface area contributed by atoms with Gasteiger partial charge in [-0.05, 0) is 18.2 Å². The number of benzene rings is 1. The van der Waals surface area contributed by atoms with Crippen LogP contribution in [0.25, 0.3) is 10.1 Å². The van der Waals surface area contributed by atoms with E-state index in [9.17, 15) is 9.90 Å². The Balaban J connectivity index is 2.81. The number of fused-ring (bicyclic) bond motifs is 1. The molecule has 2 rings (SSSR count). The number of aldehydes is 1. The van der Waals surface area contributed by atoms with Crippen LogP contribution < -0.4 is 4.74 Å². The van der Waals surface area contributed by atoms with Gasteiger partial charge in [-0.25, -0.2) is 0 Å². The second kappa shape index (κ2) is 3.31. The van der Waals surface area contributed by atoms with Crippen LogP contribution in [0.3, 0.4) is 0 Å². The zero-order valence-corrected chi connectivity index (χ0v) is 8.30. The standard InChI is InChI=1S/C10H8O3S/c1-13-9-3-2-8(12)10-7(9)4-6(5-11)14-10/h2-5,12H,1H3. The van der Waals surface area contributed by atoms with E-state index in [0.29, 0.717) is 15.3 Å². The van der Waals surface area contributed by atoms with Gasteiger partial charge in [0.05, 0.1) is 16.7 Å². The first-order valence-corrected chi connectivity index (χ1v) is 4.82. The fourth-order valence-electron chi connectivity index (χ4n) is 1.34. The molecule has 0 fully saturated rings. The highest BCUT2D eigenvalue weighted by atomic mass is 32.1. The fraction of sp³-hybridized carbons (Fsp3) is 0.100. The van der Waals surface area contributed by atoms with Crippen LogP contribution in [0.2, 0.25) is 0 Å². The third-order valence-electron chi connectivity index (χ3n) is 1.98. The third-order valence-corrected chi connectivity index (χ3v) is 3.06. The highest BCUT2D eigenvalue weighted by Crippen LogP contribution is 2.37. The number of phenolic OH excluding ortho intramolecular Hbond substituents is 1. The molecule has 0 spiro atoms. The molecule has 14 heavy (non-hydrogen) atoms. The Morgan fingerprint density at radius 3 is 2.93 bits per heavy atom. The highest BCUT2D eigenvalue weighted by Gasteiger charge is 2.09. The van der Waals surface area contributed by atoms with E-state index in [2.05, 4.69) is 0 Å². The summed E-state index contributed by atoms with van der Waals surface area (Å²) < 4.78 is 5.81. The molecular formula is C10H8O3S. The van der Waals surface area contributed by atoms with Crippen molar-refractivity contribution in [3.63, 3.8) is 0 Å². The number of phenols is 1. The van der Waals surface area contributed by atoms with Crippen LogP contribution in [0.15, 0.2) is 18.2 Å². The molecule has 1 N–H and O–H groups in total. The highest BCUT2D eigenvalue weighted by molar-refractivity contribution is 7.20. The number of thiophene rings is 1. The van der Waals surface area contributed by atoms with Crippen LogP contribution in [0, 0.1) is 0 Å². The first kappa shape index (κ1) is 9.02. The minimum absolute atomic E-state index is 0.180. The minimum Gasteiger partial charge on any atom is -0.506 e. The Morgan fingerprint density at radius 1 is 1.50 bits per heavy atom. The average Bonchev–Trinajstić information content (AvgIpc) is 2.63. The van der Waals surface area contributed by atoms with Gasteiger partial charge in [-0.1, -0.05) is 0 Å². The Hall–Kier alpha value is -1.55. The number of rotatable bonds is 2. The van der Waals surface area contributed by atoms with Crippen LogP contribution in [0.4, 0.5) is 0 Å². The Bertz CT molecular complexity index is 487. The molecule has 0 saturated heterocycles. The largest absolute Gasteiger partial charge is 0.506 e. The summed E-state index contributed by atoms with van der Waals surface area (Å²) in [5, 5.41) is 10.3. The molecule has 3 nitrogen and oxygen atoms in total. The van der Waals surface area contributed by atoms with E-state index < -0.39 is 0 Å². The minimum atomic E-state index is 0.180.